The minimum absolute atomic E-state index is 0. The van der Waals surface area contributed by atoms with Gasteiger partial charge in [-0.25, -0.2) is 0 Å². The molecule has 0 amide bonds. The molecule has 0 atom stereocenters. The van der Waals surface area contributed by atoms with Crippen LogP contribution in [0, 0.1) is 19.1 Å². The van der Waals surface area contributed by atoms with Gasteiger partial charge >= 0.3 is 0 Å². The molecular weight excluding hydrogens is 743 g/mol. The van der Waals surface area contributed by atoms with Crippen molar-refractivity contribution in [2.45, 2.75) is 6.92 Å². The number of hydrogen-bond acceptors (Lipinski definition) is 3. The predicted molar refractivity (Wildman–Crippen MR) is 184 cm³/mol. The van der Waals surface area contributed by atoms with Crippen LogP contribution in [0.4, 0.5) is 0 Å². The number of furan rings is 1. The fraction of sp³-hybridized carbons (Fsp3) is 0.0244. The summed E-state index contributed by atoms with van der Waals surface area (Å²) in [5, 5.41) is 7.21. The van der Waals surface area contributed by atoms with Gasteiger partial charge in [0, 0.05) is 54.0 Å². The number of aromatic nitrogens is 3. The SMILES string of the molecule is Cc1ccc(-c2[c-]cc3c(c2)c2cccc4c5ccc6c7ccccc7oc6c5n3c24)nc1.[Ir].[c-]1ccccc1-c1ccccn1. The van der Waals surface area contributed by atoms with Gasteiger partial charge in [-0.1, -0.05) is 72.1 Å². The molecule has 0 saturated carbocycles. The first kappa shape index (κ1) is 28.1. The zero-order chi connectivity index (χ0) is 29.9. The maximum Gasteiger partial charge on any atom is 0.159 e. The van der Waals surface area contributed by atoms with Crippen molar-refractivity contribution < 1.29 is 24.5 Å². The summed E-state index contributed by atoms with van der Waals surface area (Å²) < 4.78 is 8.80. The van der Waals surface area contributed by atoms with Crippen LogP contribution in [0.25, 0.3) is 82.5 Å². The summed E-state index contributed by atoms with van der Waals surface area (Å²) in [7, 11) is 0. The molecule has 1 radical (unpaired) electrons. The van der Waals surface area contributed by atoms with E-state index in [0.29, 0.717) is 0 Å². The number of nitrogens with zero attached hydrogens (tertiary/aromatic N) is 3. The summed E-state index contributed by atoms with van der Waals surface area (Å²) >= 11 is 0. The van der Waals surface area contributed by atoms with Crippen LogP contribution in [-0.4, -0.2) is 14.4 Å². The van der Waals surface area contributed by atoms with Gasteiger partial charge in [-0.3, -0.25) is 0 Å². The molecule has 0 saturated heterocycles. The van der Waals surface area contributed by atoms with E-state index < -0.39 is 0 Å². The molecule has 4 nitrogen and oxygen atoms in total. The molecule has 0 N–H and O–H groups in total. The van der Waals surface area contributed by atoms with E-state index in [4.69, 9.17) is 4.42 Å². The standard InChI is InChI=1S/C30H17N2O.C11H8N.Ir/c1-17-9-13-25(31-16-17)18-10-14-26-24(15-18)21-7-4-6-20-22-11-12-23-19-5-2-3-8-27(19)33-30(23)29(22)32(26)28(20)21;1-2-6-10(7-3-1)11-8-4-5-9-12-11;/h2-9,11-16H,1H3;1-6,8-9H;/q2*-1;. The van der Waals surface area contributed by atoms with Crippen LogP contribution in [0.3, 0.4) is 0 Å². The molecule has 0 aliphatic carbocycles. The Morgan fingerprint density at radius 3 is 2.17 bits per heavy atom. The Bertz CT molecular complexity index is 2600. The Labute approximate surface area is 278 Å². The molecule has 46 heavy (non-hydrogen) atoms. The van der Waals surface area contributed by atoms with Crippen LogP contribution in [0.2, 0.25) is 0 Å². The maximum atomic E-state index is 6.44. The Morgan fingerprint density at radius 2 is 1.37 bits per heavy atom. The van der Waals surface area contributed by atoms with E-state index in [0.717, 1.165) is 61.1 Å². The van der Waals surface area contributed by atoms with Crippen LogP contribution in [-0.2, 0) is 20.1 Å². The van der Waals surface area contributed by atoms with Gasteiger partial charge in [0.2, 0.25) is 0 Å². The van der Waals surface area contributed by atoms with Gasteiger partial charge in [0.25, 0.3) is 0 Å². The molecule has 5 heteroatoms. The third kappa shape index (κ3) is 4.39. The summed E-state index contributed by atoms with van der Waals surface area (Å²) in [5.41, 5.74) is 10.5. The van der Waals surface area contributed by atoms with Crippen molar-refractivity contribution in [2.24, 2.45) is 0 Å². The van der Waals surface area contributed by atoms with Crippen LogP contribution in [0.1, 0.15) is 5.56 Å². The van der Waals surface area contributed by atoms with Crippen LogP contribution >= 0.6 is 0 Å². The molecular formula is C41H25IrN3O-2. The van der Waals surface area contributed by atoms with Gasteiger partial charge in [-0.05, 0) is 53.0 Å². The minimum atomic E-state index is 0. The zero-order valence-electron chi connectivity index (χ0n) is 24.8. The third-order valence-electron chi connectivity index (χ3n) is 8.59. The van der Waals surface area contributed by atoms with Crippen molar-refractivity contribution in [3.05, 3.63) is 151 Å². The van der Waals surface area contributed by atoms with E-state index in [1.807, 2.05) is 60.8 Å². The molecule has 0 fully saturated rings. The topological polar surface area (TPSA) is 43.3 Å². The van der Waals surface area contributed by atoms with Crippen molar-refractivity contribution in [3.8, 4) is 22.5 Å². The fourth-order valence-electron chi connectivity index (χ4n) is 6.52. The average molecular weight is 768 g/mol. The molecule has 10 aromatic rings. The monoisotopic (exact) mass is 768 g/mol. The van der Waals surface area contributed by atoms with Crippen molar-refractivity contribution >= 4 is 60.0 Å². The van der Waals surface area contributed by atoms with Crippen LogP contribution in [0.15, 0.2) is 138 Å². The first-order chi connectivity index (χ1) is 22.2. The van der Waals surface area contributed by atoms with E-state index in [2.05, 4.69) is 100 Å². The molecule has 0 unspecified atom stereocenters. The summed E-state index contributed by atoms with van der Waals surface area (Å²) in [5.74, 6) is 0. The molecule has 0 aliphatic heterocycles. The largest absolute Gasteiger partial charge is 0.454 e. The van der Waals surface area contributed by atoms with Gasteiger partial charge in [0.15, 0.2) is 5.58 Å². The van der Waals surface area contributed by atoms with Crippen molar-refractivity contribution in [2.75, 3.05) is 0 Å². The van der Waals surface area contributed by atoms with E-state index in [9.17, 15) is 0 Å². The summed E-state index contributed by atoms with van der Waals surface area (Å²) in [6.45, 7) is 2.06. The second-order valence-corrected chi connectivity index (χ2v) is 11.3. The Kier molecular flexibility index (Phi) is 6.87. The molecule has 10 rings (SSSR count). The summed E-state index contributed by atoms with van der Waals surface area (Å²) in [4.78, 5) is 8.84. The number of rotatable bonds is 2. The Hall–Kier alpha value is -5.35. The first-order valence-corrected chi connectivity index (χ1v) is 15.0. The molecule has 0 aliphatic rings. The molecule has 5 aromatic carbocycles. The summed E-state index contributed by atoms with van der Waals surface area (Å²) in [6, 6.07) is 48.1. The number of aryl methyl sites for hydroxylation is 1. The Morgan fingerprint density at radius 1 is 0.609 bits per heavy atom. The maximum absolute atomic E-state index is 6.44. The molecule has 5 heterocycles. The van der Waals surface area contributed by atoms with Gasteiger partial charge in [-0.2, -0.15) is 0 Å². The van der Waals surface area contributed by atoms with Gasteiger partial charge in [0.1, 0.15) is 5.58 Å². The quantitative estimate of drug-likeness (QED) is 0.165. The zero-order valence-corrected chi connectivity index (χ0v) is 27.2. The van der Waals surface area contributed by atoms with E-state index >= 15 is 0 Å². The van der Waals surface area contributed by atoms with E-state index in [1.54, 1.807) is 6.20 Å². The molecule has 221 valence electrons. The molecule has 0 bridgehead atoms. The number of para-hydroxylation sites is 2. The van der Waals surface area contributed by atoms with Gasteiger partial charge in [0.05, 0.1) is 11.0 Å². The Balaban J connectivity index is 0.000000204. The normalized spacial score (nSPS) is 11.4. The molecule has 0 spiro atoms. The van der Waals surface area contributed by atoms with Gasteiger partial charge in [-0.15, -0.1) is 59.7 Å². The van der Waals surface area contributed by atoms with E-state index in [1.165, 1.54) is 27.1 Å². The minimum Gasteiger partial charge on any atom is -0.454 e. The molecule has 5 aromatic heterocycles. The second kappa shape index (κ2) is 11.2. The fourth-order valence-corrected chi connectivity index (χ4v) is 6.52. The number of pyridine rings is 2. The number of benzene rings is 5. The number of fused-ring (bicyclic) bond motifs is 10. The predicted octanol–water partition coefficient (Wildman–Crippen LogP) is 10.5. The van der Waals surface area contributed by atoms with Crippen LogP contribution < -0.4 is 0 Å². The van der Waals surface area contributed by atoms with Gasteiger partial charge < -0.3 is 18.8 Å². The van der Waals surface area contributed by atoms with Crippen LogP contribution in [0.5, 0.6) is 0 Å². The van der Waals surface area contributed by atoms with Crippen molar-refractivity contribution in [1.29, 1.82) is 0 Å². The number of hydrogen-bond donors (Lipinski definition) is 0. The smallest absolute Gasteiger partial charge is 0.159 e. The van der Waals surface area contributed by atoms with Crippen molar-refractivity contribution in [1.82, 2.24) is 14.4 Å². The van der Waals surface area contributed by atoms with E-state index in [-0.39, 0.29) is 20.1 Å². The second-order valence-electron chi connectivity index (χ2n) is 11.3. The average Bonchev–Trinajstić information content (AvgIpc) is 3.76. The third-order valence-corrected chi connectivity index (χ3v) is 8.59. The summed E-state index contributed by atoms with van der Waals surface area (Å²) in [6.07, 6.45) is 3.70. The first-order valence-electron chi connectivity index (χ1n) is 15.0. The van der Waals surface area contributed by atoms with Crippen molar-refractivity contribution in [3.63, 3.8) is 0 Å².